The molecule has 72 valence electrons. The van der Waals surface area contributed by atoms with E-state index in [1.807, 2.05) is 13.8 Å². The predicted octanol–water partition coefficient (Wildman–Crippen LogP) is 1.49. The van der Waals surface area contributed by atoms with Gasteiger partial charge in [-0.25, -0.2) is 0 Å². The van der Waals surface area contributed by atoms with Crippen LogP contribution in [0.3, 0.4) is 0 Å². The Bertz CT molecular complexity index is 182. The van der Waals surface area contributed by atoms with Gasteiger partial charge in [0.05, 0.1) is 0 Å². The molecule has 2 unspecified atom stereocenters. The number of nitrogens with one attached hydrogen (secondary N) is 1. The molecule has 2 atom stereocenters. The van der Waals surface area contributed by atoms with Gasteiger partial charge in [0.25, 0.3) is 0 Å². The van der Waals surface area contributed by atoms with Crippen molar-refractivity contribution in [3.63, 3.8) is 0 Å². The molecule has 0 spiro atoms. The summed E-state index contributed by atoms with van der Waals surface area (Å²) in [5.74, 6) is 0.690. The maximum absolute atomic E-state index is 10.8. The molecule has 1 N–H and O–H groups in total. The van der Waals surface area contributed by atoms with E-state index in [9.17, 15) is 4.21 Å². The summed E-state index contributed by atoms with van der Waals surface area (Å²) in [6, 6.07) is 0.280. The van der Waals surface area contributed by atoms with Gasteiger partial charge >= 0.3 is 0 Å². The van der Waals surface area contributed by atoms with E-state index >= 15 is 0 Å². The maximum atomic E-state index is 10.8. The highest BCUT2D eigenvalue weighted by atomic mass is 35.5. The Balaban J connectivity index is 3.57. The third-order valence-corrected chi connectivity index (χ3v) is 2.74. The summed E-state index contributed by atoms with van der Waals surface area (Å²) in [7, 11) is -0.727. The molecule has 12 heavy (non-hydrogen) atoms. The second-order valence-electron chi connectivity index (χ2n) is 2.98. The highest BCUT2D eigenvalue weighted by Crippen LogP contribution is 1.94. The summed E-state index contributed by atoms with van der Waals surface area (Å²) >= 11 is 5.48. The average Bonchev–Trinajstić information content (AvgIpc) is 1.99. The third kappa shape index (κ3) is 6.83. The molecule has 0 radical (unpaired) electrons. The largest absolute Gasteiger partial charge is 0.310 e. The van der Waals surface area contributed by atoms with Crippen LogP contribution in [0.4, 0.5) is 0 Å². The summed E-state index contributed by atoms with van der Waals surface area (Å²) in [4.78, 5) is 0. The van der Waals surface area contributed by atoms with E-state index in [2.05, 4.69) is 5.32 Å². The van der Waals surface area contributed by atoms with E-state index in [1.54, 1.807) is 11.8 Å². The molecule has 0 aromatic heterocycles. The van der Waals surface area contributed by atoms with Gasteiger partial charge in [-0.2, -0.15) is 0 Å². The molecule has 4 heteroatoms. The number of hydrogen-bond donors (Lipinski definition) is 1. The first kappa shape index (κ1) is 12.1. The van der Waals surface area contributed by atoms with Crippen LogP contribution in [0, 0.1) is 0 Å². The standard InChI is InChI=1S/C8H16ClNOS/c1-7(4-9)5-10-8(2)6-12(3)11/h4,8,10H,5-6H2,1-3H3. The van der Waals surface area contributed by atoms with Crippen molar-refractivity contribution >= 4 is 22.4 Å². The minimum absolute atomic E-state index is 0.280. The lowest BCUT2D eigenvalue weighted by Crippen LogP contribution is -2.32. The van der Waals surface area contributed by atoms with Gasteiger partial charge in [0.2, 0.25) is 0 Å². The van der Waals surface area contributed by atoms with Gasteiger partial charge < -0.3 is 5.32 Å². The molecule has 0 fully saturated rings. The van der Waals surface area contributed by atoms with E-state index < -0.39 is 10.8 Å². The normalized spacial score (nSPS) is 17.5. The van der Waals surface area contributed by atoms with Gasteiger partial charge in [-0.05, 0) is 19.4 Å². The summed E-state index contributed by atoms with van der Waals surface area (Å²) in [5, 5.41) is 3.22. The average molecular weight is 210 g/mol. The lowest BCUT2D eigenvalue weighted by molar-refractivity contribution is 0.616. The fourth-order valence-corrected chi connectivity index (χ4v) is 1.68. The quantitative estimate of drug-likeness (QED) is 0.744. The summed E-state index contributed by atoms with van der Waals surface area (Å²) < 4.78 is 10.8. The molecule has 0 aromatic carbocycles. The Morgan fingerprint density at radius 3 is 2.75 bits per heavy atom. The van der Waals surface area contributed by atoms with Crippen molar-refractivity contribution in [1.29, 1.82) is 0 Å². The number of rotatable bonds is 5. The zero-order valence-electron chi connectivity index (χ0n) is 7.76. The molecule has 0 saturated heterocycles. The summed E-state index contributed by atoms with van der Waals surface area (Å²) in [6.07, 6.45) is 1.71. The van der Waals surface area contributed by atoms with Gasteiger partial charge in [-0.3, -0.25) is 4.21 Å². The molecule has 0 bridgehead atoms. The summed E-state index contributed by atoms with van der Waals surface area (Å²) in [5.41, 5.74) is 2.65. The van der Waals surface area contributed by atoms with Crippen molar-refractivity contribution in [2.45, 2.75) is 19.9 Å². The Morgan fingerprint density at radius 2 is 2.33 bits per heavy atom. The molecule has 2 nitrogen and oxygen atoms in total. The fraction of sp³-hybridized carbons (Fsp3) is 0.750. The molecule has 0 saturated carbocycles. The van der Waals surface area contributed by atoms with Crippen LogP contribution in [0.15, 0.2) is 11.1 Å². The van der Waals surface area contributed by atoms with Crippen LogP contribution in [0.5, 0.6) is 0 Å². The van der Waals surface area contributed by atoms with Gasteiger partial charge in [0, 0.05) is 40.9 Å². The number of halogens is 1. The van der Waals surface area contributed by atoms with Crippen LogP contribution in [-0.2, 0) is 10.8 Å². The first-order valence-corrected chi connectivity index (χ1v) is 6.02. The SMILES string of the molecule is CC(=CCl)CNC(C)CS(C)=O. The predicted molar refractivity (Wildman–Crippen MR) is 56.0 cm³/mol. The lowest BCUT2D eigenvalue weighted by atomic mass is 10.3. The fourth-order valence-electron chi connectivity index (χ4n) is 0.785. The Hall–Kier alpha value is 0.140. The van der Waals surface area contributed by atoms with Crippen molar-refractivity contribution < 1.29 is 4.21 Å². The molecule has 0 rings (SSSR count). The van der Waals surface area contributed by atoms with Gasteiger partial charge in [-0.15, -0.1) is 0 Å². The van der Waals surface area contributed by atoms with Crippen molar-refractivity contribution in [2.24, 2.45) is 0 Å². The highest BCUT2D eigenvalue weighted by Gasteiger charge is 2.02. The lowest BCUT2D eigenvalue weighted by Gasteiger charge is -2.11. The first-order valence-electron chi connectivity index (χ1n) is 3.85. The first-order chi connectivity index (χ1) is 5.56. The van der Waals surface area contributed by atoms with Crippen LogP contribution >= 0.6 is 11.6 Å². The highest BCUT2D eigenvalue weighted by molar-refractivity contribution is 7.84. The third-order valence-electron chi connectivity index (χ3n) is 1.40. The molecular formula is C8H16ClNOS. The second-order valence-corrected chi connectivity index (χ2v) is 4.68. The van der Waals surface area contributed by atoms with E-state index in [0.717, 1.165) is 12.1 Å². The topological polar surface area (TPSA) is 29.1 Å². The Labute approximate surface area is 81.8 Å². The van der Waals surface area contributed by atoms with Crippen molar-refractivity contribution in [2.75, 3.05) is 18.6 Å². The van der Waals surface area contributed by atoms with Crippen molar-refractivity contribution in [3.8, 4) is 0 Å². The van der Waals surface area contributed by atoms with Crippen LogP contribution in [0.25, 0.3) is 0 Å². The van der Waals surface area contributed by atoms with Crippen molar-refractivity contribution in [1.82, 2.24) is 5.32 Å². The monoisotopic (exact) mass is 209 g/mol. The Morgan fingerprint density at radius 1 is 1.75 bits per heavy atom. The zero-order valence-corrected chi connectivity index (χ0v) is 9.34. The maximum Gasteiger partial charge on any atom is 0.0383 e. The van der Waals surface area contributed by atoms with Crippen molar-refractivity contribution in [3.05, 3.63) is 11.1 Å². The van der Waals surface area contributed by atoms with Crippen LogP contribution in [0.1, 0.15) is 13.8 Å². The van der Waals surface area contributed by atoms with Crippen LogP contribution in [0.2, 0.25) is 0 Å². The van der Waals surface area contributed by atoms with E-state index in [4.69, 9.17) is 11.6 Å². The van der Waals surface area contributed by atoms with Gasteiger partial charge in [0.15, 0.2) is 0 Å². The minimum atomic E-state index is -0.727. The molecule has 0 heterocycles. The van der Waals surface area contributed by atoms with Crippen LogP contribution < -0.4 is 5.32 Å². The second kappa shape index (κ2) is 6.63. The van der Waals surface area contributed by atoms with E-state index in [1.165, 1.54) is 0 Å². The van der Waals surface area contributed by atoms with Crippen LogP contribution in [-0.4, -0.2) is 28.8 Å². The van der Waals surface area contributed by atoms with Gasteiger partial charge in [0.1, 0.15) is 0 Å². The zero-order chi connectivity index (χ0) is 9.56. The number of hydrogen-bond acceptors (Lipinski definition) is 2. The Kier molecular flexibility index (Phi) is 6.71. The molecule has 0 aliphatic heterocycles. The van der Waals surface area contributed by atoms with Gasteiger partial charge in [-0.1, -0.05) is 11.6 Å². The molecule has 0 amide bonds. The minimum Gasteiger partial charge on any atom is -0.310 e. The molecular weight excluding hydrogens is 194 g/mol. The summed E-state index contributed by atoms with van der Waals surface area (Å²) in [6.45, 7) is 4.74. The van der Waals surface area contributed by atoms with E-state index in [-0.39, 0.29) is 6.04 Å². The van der Waals surface area contributed by atoms with E-state index in [0.29, 0.717) is 5.75 Å². The smallest absolute Gasteiger partial charge is 0.0383 e. The molecule has 0 aliphatic rings. The molecule has 0 aliphatic carbocycles. The molecule has 0 aromatic rings.